The fourth-order valence-corrected chi connectivity index (χ4v) is 4.86. The second-order valence-electron chi connectivity index (χ2n) is 8.00. The van der Waals surface area contributed by atoms with E-state index in [4.69, 9.17) is 5.84 Å². The van der Waals surface area contributed by atoms with E-state index >= 15 is 0 Å². The maximum Gasteiger partial charge on any atom is 0.238 e. The van der Waals surface area contributed by atoms with Gasteiger partial charge in [-0.2, -0.15) is 0 Å². The molecule has 0 bridgehead atoms. The molecule has 2 saturated carbocycles. The molecule has 2 fully saturated rings. The molecule has 28 heavy (non-hydrogen) atoms. The first-order chi connectivity index (χ1) is 13.7. The summed E-state index contributed by atoms with van der Waals surface area (Å²) in [5.74, 6) is 7.91. The summed E-state index contributed by atoms with van der Waals surface area (Å²) in [4.78, 5) is 12.8. The Morgan fingerprint density at radius 3 is 2.61 bits per heavy atom. The lowest BCUT2D eigenvalue weighted by Crippen LogP contribution is -2.30. The number of benzene rings is 1. The number of amides is 1. The molecule has 7 heteroatoms. The fraction of sp³-hybridized carbons (Fsp3) is 0.571. The molecule has 3 N–H and O–H groups in total. The first kappa shape index (κ1) is 19.3. The maximum atomic E-state index is 12.8. The average molecular weight is 400 g/mol. The number of carbonyl (C=O) groups is 1. The molecule has 2 aliphatic carbocycles. The minimum absolute atomic E-state index is 0.0189. The van der Waals surface area contributed by atoms with Crippen molar-refractivity contribution < 1.29 is 4.79 Å². The van der Waals surface area contributed by atoms with Gasteiger partial charge in [0.2, 0.25) is 11.1 Å². The van der Waals surface area contributed by atoms with Gasteiger partial charge < -0.3 is 11.2 Å². The molecule has 4 rings (SSSR count). The summed E-state index contributed by atoms with van der Waals surface area (Å²) < 4.78 is 1.58. The molecule has 0 unspecified atom stereocenters. The molecule has 0 saturated heterocycles. The van der Waals surface area contributed by atoms with Crippen LogP contribution in [0.1, 0.15) is 68.0 Å². The van der Waals surface area contributed by atoms with Crippen molar-refractivity contribution in [1.29, 1.82) is 0 Å². The highest BCUT2D eigenvalue weighted by Gasteiger charge is 2.30. The van der Waals surface area contributed by atoms with Crippen molar-refractivity contribution >= 4 is 17.7 Å². The third-order valence-electron chi connectivity index (χ3n) is 5.72. The van der Waals surface area contributed by atoms with Crippen LogP contribution in [-0.2, 0) is 11.2 Å². The Balaban J connectivity index is 1.44. The third-order valence-corrected chi connectivity index (χ3v) is 6.93. The van der Waals surface area contributed by atoms with Crippen LogP contribution in [0.5, 0.6) is 0 Å². The summed E-state index contributed by atoms with van der Waals surface area (Å²) in [6, 6.07) is 10.1. The number of hydrogen-bond donors (Lipinski definition) is 2. The van der Waals surface area contributed by atoms with Crippen LogP contribution in [-0.4, -0.2) is 26.8 Å². The molecule has 1 heterocycles. The molecule has 1 aromatic heterocycles. The number of nitrogens with two attached hydrogens (primary N) is 1. The number of nitrogens with one attached hydrogen (secondary N) is 1. The Kier molecular flexibility index (Phi) is 6.20. The third kappa shape index (κ3) is 4.87. The van der Waals surface area contributed by atoms with Gasteiger partial charge in [0.1, 0.15) is 5.25 Å². The van der Waals surface area contributed by atoms with Crippen LogP contribution in [0.2, 0.25) is 0 Å². The van der Waals surface area contributed by atoms with Crippen molar-refractivity contribution in [3.05, 3.63) is 41.7 Å². The van der Waals surface area contributed by atoms with E-state index in [1.54, 1.807) is 4.68 Å². The van der Waals surface area contributed by atoms with E-state index in [0.717, 1.165) is 43.0 Å². The van der Waals surface area contributed by atoms with E-state index in [1.165, 1.54) is 43.9 Å². The van der Waals surface area contributed by atoms with Gasteiger partial charge in [-0.15, -0.1) is 10.2 Å². The Morgan fingerprint density at radius 2 is 1.89 bits per heavy atom. The highest BCUT2D eigenvalue weighted by molar-refractivity contribution is 8.00. The Hall–Kier alpha value is -2.02. The highest BCUT2D eigenvalue weighted by Crippen LogP contribution is 2.35. The number of hydrogen-bond acceptors (Lipinski definition) is 5. The maximum absolute atomic E-state index is 12.8. The monoisotopic (exact) mass is 399 g/mol. The molecule has 2 aromatic rings. The number of carbonyl (C=O) groups excluding carboxylic acids is 1. The molecular weight excluding hydrogens is 370 g/mol. The first-order valence-electron chi connectivity index (χ1n) is 10.4. The van der Waals surface area contributed by atoms with E-state index in [9.17, 15) is 4.79 Å². The standard InChI is InChI=1S/C21H29N5OS/c22-26-18(14-11-15-7-3-1-4-8-15)24-25-21(26)28-19(16-9-5-2-6-10-16)20(27)23-17-12-13-17/h2,5-6,9-10,15,17,19H,1,3-4,7-8,11-14,22H2,(H,23,27)/t19-/m0/s1. The summed E-state index contributed by atoms with van der Waals surface area (Å²) in [6.07, 6.45) is 10.8. The van der Waals surface area contributed by atoms with Gasteiger partial charge in [0, 0.05) is 12.5 Å². The summed E-state index contributed by atoms with van der Waals surface area (Å²) >= 11 is 1.38. The van der Waals surface area contributed by atoms with Crippen molar-refractivity contribution in [2.75, 3.05) is 5.84 Å². The average Bonchev–Trinajstić information content (AvgIpc) is 3.48. The molecule has 1 amide bonds. The van der Waals surface area contributed by atoms with Gasteiger partial charge in [0.15, 0.2) is 5.82 Å². The topological polar surface area (TPSA) is 85.8 Å². The second-order valence-corrected chi connectivity index (χ2v) is 9.08. The number of nitrogen functional groups attached to an aromatic ring is 1. The largest absolute Gasteiger partial charge is 0.352 e. The molecule has 2 aliphatic rings. The van der Waals surface area contributed by atoms with Crippen molar-refractivity contribution in [3.8, 4) is 0 Å². The summed E-state index contributed by atoms with van der Waals surface area (Å²) in [6.45, 7) is 0. The predicted molar refractivity (Wildman–Crippen MR) is 111 cm³/mol. The van der Waals surface area contributed by atoms with Gasteiger partial charge in [0.25, 0.3) is 0 Å². The molecule has 0 spiro atoms. The highest BCUT2D eigenvalue weighted by atomic mass is 32.2. The van der Waals surface area contributed by atoms with Crippen LogP contribution in [0, 0.1) is 5.92 Å². The minimum Gasteiger partial charge on any atom is -0.352 e. The van der Waals surface area contributed by atoms with E-state index < -0.39 is 0 Å². The number of nitrogens with zero attached hydrogens (tertiary/aromatic N) is 3. The molecule has 0 radical (unpaired) electrons. The number of thioether (sulfide) groups is 1. The van der Waals surface area contributed by atoms with Crippen LogP contribution < -0.4 is 11.2 Å². The zero-order chi connectivity index (χ0) is 19.3. The van der Waals surface area contributed by atoms with Gasteiger partial charge in [0.05, 0.1) is 0 Å². The molecule has 1 atom stereocenters. The van der Waals surface area contributed by atoms with Crippen molar-refractivity contribution in [2.45, 2.75) is 74.2 Å². The van der Waals surface area contributed by atoms with Gasteiger partial charge >= 0.3 is 0 Å². The second kappa shape index (κ2) is 8.99. The molecule has 150 valence electrons. The summed E-state index contributed by atoms with van der Waals surface area (Å²) in [5, 5.41) is 11.9. The van der Waals surface area contributed by atoms with Crippen LogP contribution in [0.4, 0.5) is 0 Å². The molecule has 6 nitrogen and oxygen atoms in total. The summed E-state index contributed by atoms with van der Waals surface area (Å²) in [5.41, 5.74) is 0.956. The van der Waals surface area contributed by atoms with Crippen LogP contribution in [0.3, 0.4) is 0 Å². The van der Waals surface area contributed by atoms with Crippen molar-refractivity contribution in [3.63, 3.8) is 0 Å². The SMILES string of the molecule is Nn1c(CCC2CCCCC2)nnc1S[C@H](C(=O)NC1CC1)c1ccccc1. The molecule has 0 aliphatic heterocycles. The summed E-state index contributed by atoms with van der Waals surface area (Å²) in [7, 11) is 0. The number of aromatic nitrogens is 3. The predicted octanol–water partition coefficient (Wildman–Crippen LogP) is 3.62. The normalized spacial score (nSPS) is 18.7. The lowest BCUT2D eigenvalue weighted by Gasteiger charge is -2.21. The lowest BCUT2D eigenvalue weighted by atomic mass is 9.86. The van der Waals surface area contributed by atoms with Crippen LogP contribution in [0.15, 0.2) is 35.5 Å². The van der Waals surface area contributed by atoms with E-state index in [0.29, 0.717) is 11.2 Å². The zero-order valence-corrected chi connectivity index (χ0v) is 17.0. The van der Waals surface area contributed by atoms with Crippen LogP contribution in [0.25, 0.3) is 0 Å². The van der Waals surface area contributed by atoms with E-state index in [1.807, 2.05) is 30.3 Å². The molecule has 1 aromatic carbocycles. The van der Waals surface area contributed by atoms with Gasteiger partial charge in [-0.25, -0.2) is 4.68 Å². The van der Waals surface area contributed by atoms with Gasteiger partial charge in [-0.3, -0.25) is 4.79 Å². The Morgan fingerprint density at radius 1 is 1.14 bits per heavy atom. The number of aryl methyl sites for hydroxylation is 1. The minimum atomic E-state index is -0.375. The smallest absolute Gasteiger partial charge is 0.238 e. The van der Waals surface area contributed by atoms with Crippen LogP contribution >= 0.6 is 11.8 Å². The van der Waals surface area contributed by atoms with Crippen molar-refractivity contribution in [2.24, 2.45) is 5.92 Å². The zero-order valence-electron chi connectivity index (χ0n) is 16.2. The quantitative estimate of drug-likeness (QED) is 0.523. The first-order valence-corrected chi connectivity index (χ1v) is 11.3. The van der Waals surface area contributed by atoms with Gasteiger partial charge in [-0.1, -0.05) is 74.2 Å². The van der Waals surface area contributed by atoms with Gasteiger partial charge in [-0.05, 0) is 30.7 Å². The Labute approximate surface area is 170 Å². The van der Waals surface area contributed by atoms with E-state index in [2.05, 4.69) is 15.5 Å². The Bertz CT molecular complexity index is 783. The lowest BCUT2D eigenvalue weighted by molar-refractivity contribution is -0.120. The molecular formula is C21H29N5OS. The van der Waals surface area contributed by atoms with Crippen molar-refractivity contribution in [1.82, 2.24) is 20.2 Å². The fourth-order valence-electron chi connectivity index (χ4n) is 3.88. The van der Waals surface area contributed by atoms with E-state index in [-0.39, 0.29) is 11.2 Å². The number of rotatable bonds is 8.